The van der Waals surface area contributed by atoms with Crippen LogP contribution in [0.1, 0.15) is 15.9 Å². The summed E-state index contributed by atoms with van der Waals surface area (Å²) in [5.41, 5.74) is -0.282. The van der Waals surface area contributed by atoms with Gasteiger partial charge in [0, 0.05) is 12.6 Å². The quantitative estimate of drug-likeness (QED) is 0.135. The van der Waals surface area contributed by atoms with Crippen LogP contribution in [0, 0.1) is 21.4 Å². The standard InChI is InChI=1S/C21H17N3O6/c1-3-10-23-20(25)15(13-22)11-14-8-9-18(19(12-14)29-2)30-21(26)16-6-4-5-7-17(16)24(27)28/h3-9,11-12H,1,10H2,2H3,(H,23,25). The third-order valence-electron chi connectivity index (χ3n) is 3.79. The maximum atomic E-state index is 12.4. The number of nitro groups is 1. The molecule has 0 atom stereocenters. The van der Waals surface area contributed by atoms with Gasteiger partial charge in [0.05, 0.1) is 12.0 Å². The number of esters is 1. The Morgan fingerprint density at radius 3 is 2.63 bits per heavy atom. The van der Waals surface area contributed by atoms with Crippen molar-refractivity contribution >= 4 is 23.6 Å². The molecule has 9 heteroatoms. The van der Waals surface area contributed by atoms with Crippen LogP contribution in [0.2, 0.25) is 0 Å². The molecule has 0 saturated heterocycles. The van der Waals surface area contributed by atoms with E-state index in [1.807, 2.05) is 0 Å². The van der Waals surface area contributed by atoms with Crippen LogP contribution in [0.3, 0.4) is 0 Å². The van der Waals surface area contributed by atoms with Crippen molar-refractivity contribution in [3.8, 4) is 17.6 Å². The summed E-state index contributed by atoms with van der Waals surface area (Å²) in [6, 6.07) is 11.6. The van der Waals surface area contributed by atoms with Gasteiger partial charge in [-0.15, -0.1) is 6.58 Å². The molecule has 9 nitrogen and oxygen atoms in total. The highest BCUT2D eigenvalue weighted by Gasteiger charge is 2.22. The molecule has 152 valence electrons. The Kier molecular flexibility index (Phi) is 7.42. The van der Waals surface area contributed by atoms with Crippen molar-refractivity contribution in [3.63, 3.8) is 0 Å². The maximum Gasteiger partial charge on any atom is 0.350 e. The average Bonchev–Trinajstić information content (AvgIpc) is 2.76. The van der Waals surface area contributed by atoms with E-state index in [2.05, 4.69) is 11.9 Å². The molecule has 1 amide bonds. The molecule has 0 aliphatic rings. The van der Waals surface area contributed by atoms with Crippen LogP contribution in [0.4, 0.5) is 5.69 Å². The molecule has 2 aromatic rings. The maximum absolute atomic E-state index is 12.4. The first-order valence-electron chi connectivity index (χ1n) is 8.55. The van der Waals surface area contributed by atoms with Crippen LogP contribution in [0.25, 0.3) is 6.08 Å². The molecule has 0 spiro atoms. The molecular weight excluding hydrogens is 390 g/mol. The Bertz CT molecular complexity index is 1070. The third kappa shape index (κ3) is 5.30. The number of carbonyl (C=O) groups excluding carboxylic acids is 2. The van der Waals surface area contributed by atoms with Crippen LogP contribution in [-0.2, 0) is 4.79 Å². The van der Waals surface area contributed by atoms with Gasteiger partial charge in [-0.25, -0.2) is 4.79 Å². The van der Waals surface area contributed by atoms with E-state index in [4.69, 9.17) is 9.47 Å². The molecule has 0 aromatic heterocycles. The summed E-state index contributed by atoms with van der Waals surface area (Å²) in [5, 5.41) is 22.8. The van der Waals surface area contributed by atoms with Crippen LogP contribution in [0.5, 0.6) is 11.5 Å². The molecular formula is C21H17N3O6. The molecule has 0 heterocycles. The molecule has 30 heavy (non-hydrogen) atoms. The second kappa shape index (κ2) is 10.2. The number of nitrogens with one attached hydrogen (secondary N) is 1. The molecule has 0 saturated carbocycles. The van der Waals surface area contributed by atoms with Crippen molar-refractivity contribution in [2.24, 2.45) is 0 Å². The number of rotatable bonds is 8. The van der Waals surface area contributed by atoms with Crippen molar-refractivity contribution < 1.29 is 24.0 Å². The average molecular weight is 407 g/mol. The van der Waals surface area contributed by atoms with Crippen LogP contribution >= 0.6 is 0 Å². The van der Waals surface area contributed by atoms with Crippen LogP contribution in [-0.4, -0.2) is 30.5 Å². The molecule has 0 unspecified atom stereocenters. The highest BCUT2D eigenvalue weighted by molar-refractivity contribution is 6.01. The van der Waals surface area contributed by atoms with Gasteiger partial charge in [-0.05, 0) is 29.8 Å². The first-order valence-corrected chi connectivity index (χ1v) is 8.55. The smallest absolute Gasteiger partial charge is 0.350 e. The molecule has 0 radical (unpaired) electrons. The first-order chi connectivity index (χ1) is 14.4. The Morgan fingerprint density at radius 1 is 1.27 bits per heavy atom. The predicted octanol–water partition coefficient (Wildman–Crippen LogP) is 3.03. The number of benzene rings is 2. The van der Waals surface area contributed by atoms with Crippen LogP contribution in [0.15, 0.2) is 60.7 Å². The van der Waals surface area contributed by atoms with Gasteiger partial charge in [0.15, 0.2) is 11.5 Å². The molecule has 1 N–H and O–H groups in total. The zero-order chi connectivity index (χ0) is 22.1. The fraction of sp³-hybridized carbons (Fsp3) is 0.0952. The molecule has 0 fully saturated rings. The third-order valence-corrected chi connectivity index (χ3v) is 3.79. The molecule has 2 rings (SSSR count). The summed E-state index contributed by atoms with van der Waals surface area (Å²) >= 11 is 0. The van der Waals surface area contributed by atoms with Gasteiger partial charge in [0.25, 0.3) is 11.6 Å². The van der Waals surface area contributed by atoms with Crippen molar-refractivity contribution in [2.75, 3.05) is 13.7 Å². The summed E-state index contributed by atoms with van der Waals surface area (Å²) < 4.78 is 10.5. The molecule has 2 aromatic carbocycles. The van der Waals surface area contributed by atoms with Crippen molar-refractivity contribution in [1.29, 1.82) is 5.26 Å². The van der Waals surface area contributed by atoms with E-state index in [1.54, 1.807) is 6.07 Å². The Hall–Kier alpha value is -4.45. The van der Waals surface area contributed by atoms with E-state index >= 15 is 0 Å². The number of hydrogen-bond donors (Lipinski definition) is 1. The van der Waals surface area contributed by atoms with Gasteiger partial charge in [-0.3, -0.25) is 14.9 Å². The highest BCUT2D eigenvalue weighted by Crippen LogP contribution is 2.30. The zero-order valence-corrected chi connectivity index (χ0v) is 16.0. The van der Waals surface area contributed by atoms with E-state index in [0.29, 0.717) is 5.56 Å². The molecule has 0 aliphatic carbocycles. The number of amides is 1. The fourth-order valence-corrected chi connectivity index (χ4v) is 2.39. The highest BCUT2D eigenvalue weighted by atomic mass is 16.6. The minimum Gasteiger partial charge on any atom is -0.493 e. The van der Waals surface area contributed by atoms with Crippen LogP contribution < -0.4 is 14.8 Å². The number of nitrogens with zero attached hydrogens (tertiary/aromatic N) is 2. The summed E-state index contributed by atoms with van der Waals surface area (Å²) in [5.74, 6) is -1.33. The number of nitriles is 1. The lowest BCUT2D eigenvalue weighted by Gasteiger charge is -2.10. The van der Waals surface area contributed by atoms with Gasteiger partial charge in [0.2, 0.25) is 0 Å². The summed E-state index contributed by atoms with van der Waals surface area (Å²) in [6.45, 7) is 3.69. The van der Waals surface area contributed by atoms with Crippen molar-refractivity contribution in [1.82, 2.24) is 5.32 Å². The van der Waals surface area contributed by atoms with E-state index in [0.717, 1.165) is 0 Å². The lowest BCUT2D eigenvalue weighted by Crippen LogP contribution is -2.24. The number of nitro benzene ring substituents is 1. The summed E-state index contributed by atoms with van der Waals surface area (Å²) in [4.78, 5) is 34.8. The van der Waals surface area contributed by atoms with Crippen molar-refractivity contribution in [3.05, 3.63) is 81.9 Å². The SMILES string of the molecule is C=CCNC(=O)C(C#N)=Cc1ccc(OC(=O)c2ccccc2[N+](=O)[O-])c(OC)c1. The Balaban J connectivity index is 2.30. The Morgan fingerprint density at radius 2 is 2.00 bits per heavy atom. The topological polar surface area (TPSA) is 132 Å². The van der Waals surface area contributed by atoms with Gasteiger partial charge in [-0.2, -0.15) is 5.26 Å². The lowest BCUT2D eigenvalue weighted by atomic mass is 10.1. The second-order valence-electron chi connectivity index (χ2n) is 5.74. The van der Waals surface area contributed by atoms with Gasteiger partial charge in [0.1, 0.15) is 17.2 Å². The minimum absolute atomic E-state index is 0.0208. The van der Waals surface area contributed by atoms with Crippen molar-refractivity contribution in [2.45, 2.75) is 0 Å². The zero-order valence-electron chi connectivity index (χ0n) is 16.0. The number of para-hydroxylation sites is 1. The lowest BCUT2D eigenvalue weighted by molar-refractivity contribution is -0.385. The number of hydrogen-bond acceptors (Lipinski definition) is 7. The number of ether oxygens (including phenoxy) is 2. The fourth-order valence-electron chi connectivity index (χ4n) is 2.39. The molecule has 0 bridgehead atoms. The predicted molar refractivity (Wildman–Crippen MR) is 108 cm³/mol. The summed E-state index contributed by atoms with van der Waals surface area (Å²) in [7, 11) is 1.34. The Labute approximate surface area is 172 Å². The van der Waals surface area contributed by atoms with E-state index in [1.165, 1.54) is 61.7 Å². The second-order valence-corrected chi connectivity index (χ2v) is 5.74. The first kappa shape index (κ1) is 21.8. The monoisotopic (exact) mass is 407 g/mol. The van der Waals surface area contributed by atoms with Gasteiger partial charge >= 0.3 is 5.97 Å². The minimum atomic E-state index is -0.926. The van der Waals surface area contributed by atoms with Gasteiger partial charge < -0.3 is 14.8 Å². The van der Waals surface area contributed by atoms with E-state index < -0.39 is 16.8 Å². The number of methoxy groups -OCH3 is 1. The molecule has 0 aliphatic heterocycles. The van der Waals surface area contributed by atoms with E-state index in [9.17, 15) is 25.0 Å². The van der Waals surface area contributed by atoms with Gasteiger partial charge in [-0.1, -0.05) is 24.3 Å². The van der Waals surface area contributed by atoms with E-state index in [-0.39, 0.29) is 34.9 Å². The largest absolute Gasteiger partial charge is 0.493 e. The summed E-state index contributed by atoms with van der Waals surface area (Å²) in [6.07, 6.45) is 2.82. The normalized spacial score (nSPS) is 10.5. The number of carbonyl (C=O) groups is 2.